The van der Waals surface area contributed by atoms with Crippen molar-refractivity contribution in [1.29, 1.82) is 0 Å². The molecule has 2 unspecified atom stereocenters. The fraction of sp³-hybridized carbons (Fsp3) is 0.692. The lowest BCUT2D eigenvalue weighted by Gasteiger charge is -2.25. The van der Waals surface area contributed by atoms with E-state index in [1.54, 1.807) is 18.6 Å². The molecule has 1 aromatic heterocycles. The molecule has 0 radical (unpaired) electrons. The Labute approximate surface area is 112 Å². The van der Waals surface area contributed by atoms with Crippen LogP contribution in [0.5, 0.6) is 0 Å². The van der Waals surface area contributed by atoms with Crippen LogP contribution in [0.15, 0.2) is 18.6 Å². The lowest BCUT2D eigenvalue weighted by molar-refractivity contribution is -0.0471. The Morgan fingerprint density at radius 1 is 1.47 bits per heavy atom. The van der Waals surface area contributed by atoms with Crippen molar-refractivity contribution in [3.05, 3.63) is 18.6 Å². The van der Waals surface area contributed by atoms with Gasteiger partial charge < -0.3 is 20.1 Å². The Balaban J connectivity index is 1.51. The van der Waals surface area contributed by atoms with Gasteiger partial charge in [0, 0.05) is 37.9 Å². The summed E-state index contributed by atoms with van der Waals surface area (Å²) in [5.41, 5.74) is -0.134. The summed E-state index contributed by atoms with van der Waals surface area (Å²) in [4.78, 5) is 8.25. The molecule has 1 spiro atoms. The van der Waals surface area contributed by atoms with E-state index in [2.05, 4.69) is 20.6 Å². The van der Waals surface area contributed by atoms with E-state index in [1.165, 1.54) is 0 Å². The summed E-state index contributed by atoms with van der Waals surface area (Å²) in [6, 6.07) is 0. The molecule has 0 saturated carbocycles. The van der Waals surface area contributed by atoms with Crippen molar-refractivity contribution in [2.24, 2.45) is 5.92 Å². The van der Waals surface area contributed by atoms with Gasteiger partial charge in [-0.1, -0.05) is 0 Å². The summed E-state index contributed by atoms with van der Waals surface area (Å²) in [5.74, 6) is 1.31. The first-order valence-electron chi connectivity index (χ1n) is 6.79. The molecule has 19 heavy (non-hydrogen) atoms. The lowest BCUT2D eigenvalue weighted by atomic mass is 9.95. The number of aromatic nitrogens is 2. The van der Waals surface area contributed by atoms with Gasteiger partial charge in [-0.05, 0) is 6.42 Å². The third-order valence-electron chi connectivity index (χ3n) is 3.66. The van der Waals surface area contributed by atoms with Crippen LogP contribution in [0.25, 0.3) is 0 Å². The van der Waals surface area contributed by atoms with E-state index in [-0.39, 0.29) is 5.60 Å². The zero-order valence-corrected chi connectivity index (χ0v) is 11.0. The van der Waals surface area contributed by atoms with Gasteiger partial charge in [-0.25, -0.2) is 4.98 Å². The first-order valence-corrected chi connectivity index (χ1v) is 6.79. The Morgan fingerprint density at radius 3 is 3.37 bits per heavy atom. The molecule has 2 atom stereocenters. The minimum atomic E-state index is -0.134. The number of hydrogen-bond acceptors (Lipinski definition) is 6. The first-order chi connectivity index (χ1) is 9.36. The molecule has 0 aromatic carbocycles. The largest absolute Gasteiger partial charge is 0.377 e. The third kappa shape index (κ3) is 3.20. The monoisotopic (exact) mass is 264 g/mol. The summed E-state index contributed by atoms with van der Waals surface area (Å²) < 4.78 is 11.6. The van der Waals surface area contributed by atoms with E-state index >= 15 is 0 Å². The third-order valence-corrected chi connectivity index (χ3v) is 3.66. The quantitative estimate of drug-likeness (QED) is 0.817. The van der Waals surface area contributed by atoms with Crippen LogP contribution in [0, 0.1) is 5.92 Å². The normalized spacial score (nSPS) is 31.3. The van der Waals surface area contributed by atoms with Gasteiger partial charge in [0.15, 0.2) is 0 Å². The molecule has 2 fully saturated rings. The van der Waals surface area contributed by atoms with Crippen molar-refractivity contribution in [3.63, 3.8) is 0 Å². The van der Waals surface area contributed by atoms with Gasteiger partial charge in [0.05, 0.1) is 26.0 Å². The van der Waals surface area contributed by atoms with Gasteiger partial charge in [0.2, 0.25) is 0 Å². The lowest BCUT2D eigenvalue weighted by Crippen LogP contribution is -2.42. The topological polar surface area (TPSA) is 68.3 Å². The summed E-state index contributed by atoms with van der Waals surface area (Å²) in [7, 11) is 0. The minimum absolute atomic E-state index is 0.134. The van der Waals surface area contributed by atoms with Crippen LogP contribution in [-0.2, 0) is 9.47 Å². The predicted octanol–water partition coefficient (Wildman–Crippen LogP) is 0.284. The number of hydrogen-bond donors (Lipinski definition) is 2. The Kier molecular flexibility index (Phi) is 3.91. The molecule has 3 rings (SSSR count). The molecular formula is C13H20N4O2. The van der Waals surface area contributed by atoms with E-state index in [0.717, 1.165) is 45.1 Å². The van der Waals surface area contributed by atoms with Gasteiger partial charge in [-0.3, -0.25) is 4.98 Å². The van der Waals surface area contributed by atoms with Crippen molar-refractivity contribution in [1.82, 2.24) is 15.3 Å². The number of nitrogens with zero attached hydrogens (tertiary/aromatic N) is 2. The highest BCUT2D eigenvalue weighted by molar-refractivity contribution is 5.29. The summed E-state index contributed by atoms with van der Waals surface area (Å²) in [6.45, 7) is 4.90. The molecule has 0 amide bonds. The van der Waals surface area contributed by atoms with E-state index < -0.39 is 0 Å². The summed E-state index contributed by atoms with van der Waals surface area (Å²) in [6.07, 6.45) is 6.13. The van der Waals surface area contributed by atoms with Gasteiger partial charge >= 0.3 is 0 Å². The van der Waals surface area contributed by atoms with E-state index in [9.17, 15) is 0 Å². The average Bonchev–Trinajstić information content (AvgIpc) is 2.70. The Bertz CT molecular complexity index is 393. The van der Waals surface area contributed by atoms with E-state index in [4.69, 9.17) is 9.47 Å². The number of ether oxygens (including phenoxy) is 2. The van der Waals surface area contributed by atoms with Gasteiger partial charge in [-0.2, -0.15) is 0 Å². The van der Waals surface area contributed by atoms with Crippen molar-refractivity contribution in [2.75, 3.05) is 44.8 Å². The van der Waals surface area contributed by atoms with Crippen LogP contribution in [0.1, 0.15) is 6.42 Å². The van der Waals surface area contributed by atoms with Crippen molar-refractivity contribution in [3.8, 4) is 0 Å². The molecule has 6 heteroatoms. The highest BCUT2D eigenvalue weighted by Gasteiger charge is 2.41. The summed E-state index contributed by atoms with van der Waals surface area (Å²) in [5, 5.41) is 6.69. The molecule has 6 nitrogen and oxygen atoms in total. The van der Waals surface area contributed by atoms with Gasteiger partial charge in [0.1, 0.15) is 11.4 Å². The maximum Gasteiger partial charge on any atom is 0.144 e. The zero-order valence-electron chi connectivity index (χ0n) is 11.0. The van der Waals surface area contributed by atoms with Crippen molar-refractivity contribution in [2.45, 2.75) is 12.0 Å². The molecule has 2 N–H and O–H groups in total. The molecule has 2 aliphatic rings. The molecule has 1 aromatic rings. The zero-order chi connectivity index (χ0) is 13.0. The van der Waals surface area contributed by atoms with Gasteiger partial charge in [-0.15, -0.1) is 0 Å². The number of anilines is 1. The fourth-order valence-electron chi connectivity index (χ4n) is 2.70. The van der Waals surface area contributed by atoms with Crippen LogP contribution in [-0.4, -0.2) is 55.0 Å². The predicted molar refractivity (Wildman–Crippen MR) is 71.0 cm³/mol. The van der Waals surface area contributed by atoms with E-state index in [1.807, 2.05) is 0 Å². The maximum atomic E-state index is 6.00. The Morgan fingerprint density at radius 2 is 2.47 bits per heavy atom. The molecule has 0 bridgehead atoms. The smallest absolute Gasteiger partial charge is 0.144 e. The van der Waals surface area contributed by atoms with Gasteiger partial charge in [0.25, 0.3) is 0 Å². The number of nitrogens with one attached hydrogen (secondary N) is 2. The molecule has 2 saturated heterocycles. The highest BCUT2D eigenvalue weighted by Crippen LogP contribution is 2.31. The number of rotatable bonds is 3. The molecular weight excluding hydrogens is 244 g/mol. The SMILES string of the molecule is c1cnc(NCC2COC3(CNCCOC3)C2)cn1. The second-order valence-electron chi connectivity index (χ2n) is 5.27. The second-order valence-corrected chi connectivity index (χ2v) is 5.27. The maximum absolute atomic E-state index is 6.00. The summed E-state index contributed by atoms with van der Waals surface area (Å²) >= 11 is 0. The second kappa shape index (κ2) is 5.81. The molecule has 2 aliphatic heterocycles. The van der Waals surface area contributed by atoms with E-state index in [0.29, 0.717) is 12.5 Å². The minimum Gasteiger partial charge on any atom is -0.377 e. The van der Waals surface area contributed by atoms with Crippen LogP contribution < -0.4 is 10.6 Å². The van der Waals surface area contributed by atoms with Crippen LogP contribution in [0.3, 0.4) is 0 Å². The highest BCUT2D eigenvalue weighted by atomic mass is 16.5. The fourth-order valence-corrected chi connectivity index (χ4v) is 2.70. The first kappa shape index (κ1) is 12.8. The Hall–Kier alpha value is -1.24. The van der Waals surface area contributed by atoms with Crippen molar-refractivity contribution >= 4 is 5.82 Å². The molecule has 104 valence electrons. The van der Waals surface area contributed by atoms with Crippen LogP contribution >= 0.6 is 0 Å². The van der Waals surface area contributed by atoms with Crippen LogP contribution in [0.4, 0.5) is 5.82 Å². The molecule has 0 aliphatic carbocycles. The van der Waals surface area contributed by atoms with Crippen molar-refractivity contribution < 1.29 is 9.47 Å². The standard InChI is InChI=1S/C13H20N4O2/c1-2-16-12(7-14-1)17-6-11-5-13(19-8-11)9-15-3-4-18-10-13/h1-2,7,11,15H,3-6,8-10H2,(H,16,17). The van der Waals surface area contributed by atoms with Crippen LogP contribution in [0.2, 0.25) is 0 Å². The average molecular weight is 264 g/mol. The molecule has 3 heterocycles.